The van der Waals surface area contributed by atoms with E-state index in [1.807, 2.05) is 0 Å². The SMILES string of the molecule is Cl.Cn1c(SCCCCCF)nnc1C1CCNCC1. The van der Waals surface area contributed by atoms with Crippen LogP contribution in [0.1, 0.15) is 43.8 Å². The maximum absolute atomic E-state index is 12.0. The van der Waals surface area contributed by atoms with Gasteiger partial charge in [-0.15, -0.1) is 22.6 Å². The maximum atomic E-state index is 12.0. The minimum absolute atomic E-state index is 0. The van der Waals surface area contributed by atoms with Gasteiger partial charge in [0, 0.05) is 18.7 Å². The van der Waals surface area contributed by atoms with E-state index in [-0.39, 0.29) is 19.1 Å². The molecule has 4 nitrogen and oxygen atoms in total. The first-order chi connectivity index (χ1) is 9.33. The van der Waals surface area contributed by atoms with Crippen LogP contribution in [0, 0.1) is 0 Å². The lowest BCUT2D eigenvalue weighted by atomic mass is 9.97. The molecule has 1 fully saturated rings. The highest BCUT2D eigenvalue weighted by Crippen LogP contribution is 2.26. The number of aromatic nitrogens is 3. The Morgan fingerprint density at radius 2 is 2.00 bits per heavy atom. The molecule has 0 aliphatic carbocycles. The van der Waals surface area contributed by atoms with Gasteiger partial charge in [-0.25, -0.2) is 0 Å². The summed E-state index contributed by atoms with van der Waals surface area (Å²) in [5, 5.41) is 13.0. The van der Waals surface area contributed by atoms with Gasteiger partial charge in [-0.3, -0.25) is 4.39 Å². The highest BCUT2D eigenvalue weighted by molar-refractivity contribution is 7.99. The fourth-order valence-corrected chi connectivity index (χ4v) is 3.34. The largest absolute Gasteiger partial charge is 0.317 e. The number of alkyl halides is 1. The summed E-state index contributed by atoms with van der Waals surface area (Å²) in [5.74, 6) is 2.66. The highest BCUT2D eigenvalue weighted by Gasteiger charge is 2.21. The number of nitrogens with zero attached hydrogens (tertiary/aromatic N) is 3. The van der Waals surface area contributed by atoms with Crippen LogP contribution >= 0.6 is 24.2 Å². The topological polar surface area (TPSA) is 42.7 Å². The normalized spacial score (nSPS) is 16.1. The summed E-state index contributed by atoms with van der Waals surface area (Å²) in [7, 11) is 2.06. The van der Waals surface area contributed by atoms with Crippen LogP contribution in [0.15, 0.2) is 5.16 Å². The zero-order valence-corrected chi connectivity index (χ0v) is 13.6. The molecule has 0 unspecified atom stereocenters. The molecule has 0 spiro atoms. The van der Waals surface area contributed by atoms with E-state index in [0.29, 0.717) is 12.3 Å². The molecule has 1 aliphatic heterocycles. The third-order valence-corrected chi connectivity index (χ3v) is 4.69. The molecule has 2 rings (SSSR count). The summed E-state index contributed by atoms with van der Waals surface area (Å²) in [6.07, 6.45) is 4.98. The van der Waals surface area contributed by atoms with Gasteiger partial charge in [0.15, 0.2) is 5.16 Å². The van der Waals surface area contributed by atoms with E-state index in [9.17, 15) is 4.39 Å². The molecule has 1 N–H and O–H groups in total. The molecule has 0 amide bonds. The molecular formula is C13H24ClFN4S. The van der Waals surface area contributed by atoms with Crippen LogP contribution in [-0.2, 0) is 7.05 Å². The smallest absolute Gasteiger partial charge is 0.190 e. The van der Waals surface area contributed by atoms with E-state index in [2.05, 4.69) is 27.1 Å². The Labute approximate surface area is 130 Å². The van der Waals surface area contributed by atoms with Gasteiger partial charge < -0.3 is 9.88 Å². The molecule has 7 heteroatoms. The first kappa shape index (κ1) is 17.7. The fraction of sp³-hybridized carbons (Fsp3) is 0.846. The summed E-state index contributed by atoms with van der Waals surface area (Å²) < 4.78 is 14.1. The molecule has 0 bridgehead atoms. The molecule has 1 aliphatic rings. The van der Waals surface area contributed by atoms with E-state index in [4.69, 9.17) is 0 Å². The zero-order valence-electron chi connectivity index (χ0n) is 12.0. The first-order valence-corrected chi connectivity index (χ1v) is 8.10. The standard InChI is InChI=1S/C13H23FN4S.ClH/c1-18-12(11-5-8-15-9-6-11)16-17-13(18)19-10-4-2-3-7-14;/h11,15H,2-10H2,1H3;1H. The van der Waals surface area contributed by atoms with E-state index in [1.54, 1.807) is 11.8 Å². The predicted molar refractivity (Wildman–Crippen MR) is 83.6 cm³/mol. The first-order valence-electron chi connectivity index (χ1n) is 7.11. The minimum Gasteiger partial charge on any atom is -0.317 e. The summed E-state index contributed by atoms with van der Waals surface area (Å²) >= 11 is 1.73. The highest BCUT2D eigenvalue weighted by atomic mass is 35.5. The van der Waals surface area contributed by atoms with Gasteiger partial charge >= 0.3 is 0 Å². The van der Waals surface area contributed by atoms with Gasteiger partial charge in [0.05, 0.1) is 6.67 Å². The number of hydrogen-bond donors (Lipinski definition) is 1. The van der Waals surface area contributed by atoms with Crippen LogP contribution in [0.2, 0.25) is 0 Å². The van der Waals surface area contributed by atoms with Gasteiger partial charge in [-0.05, 0) is 38.8 Å². The lowest BCUT2D eigenvalue weighted by molar-refractivity contribution is 0.434. The minimum atomic E-state index is -0.200. The van der Waals surface area contributed by atoms with Crippen molar-refractivity contribution < 1.29 is 4.39 Å². The van der Waals surface area contributed by atoms with Crippen molar-refractivity contribution in [3.05, 3.63) is 5.82 Å². The summed E-state index contributed by atoms with van der Waals surface area (Å²) in [5.41, 5.74) is 0. The van der Waals surface area contributed by atoms with E-state index < -0.39 is 0 Å². The van der Waals surface area contributed by atoms with Gasteiger partial charge in [0.1, 0.15) is 5.82 Å². The van der Waals surface area contributed by atoms with E-state index in [1.165, 1.54) is 0 Å². The average molecular weight is 323 g/mol. The molecule has 0 aromatic carbocycles. The van der Waals surface area contributed by atoms with Crippen LogP contribution in [-0.4, -0.2) is 40.3 Å². The Balaban J connectivity index is 0.00000200. The van der Waals surface area contributed by atoms with E-state index in [0.717, 1.165) is 55.5 Å². The van der Waals surface area contributed by atoms with Gasteiger partial charge in [0.2, 0.25) is 0 Å². The van der Waals surface area contributed by atoms with Crippen molar-refractivity contribution in [1.82, 2.24) is 20.1 Å². The second-order valence-corrected chi connectivity index (χ2v) is 6.08. The van der Waals surface area contributed by atoms with Crippen molar-refractivity contribution in [2.24, 2.45) is 7.05 Å². The maximum Gasteiger partial charge on any atom is 0.190 e. The number of hydrogen-bond acceptors (Lipinski definition) is 4. The number of thioether (sulfide) groups is 1. The number of nitrogens with one attached hydrogen (secondary N) is 1. The zero-order chi connectivity index (χ0) is 13.5. The molecule has 0 saturated carbocycles. The lowest BCUT2D eigenvalue weighted by Gasteiger charge is -2.21. The van der Waals surface area contributed by atoms with Crippen molar-refractivity contribution in [2.45, 2.75) is 43.2 Å². The quantitative estimate of drug-likeness (QED) is 0.619. The Hall–Kier alpha value is -0.330. The number of piperidine rings is 1. The molecule has 1 saturated heterocycles. The van der Waals surface area contributed by atoms with Crippen molar-refractivity contribution in [3.8, 4) is 0 Å². The van der Waals surface area contributed by atoms with Crippen LogP contribution < -0.4 is 5.32 Å². The molecule has 1 aromatic heterocycles. The third kappa shape index (κ3) is 4.90. The van der Waals surface area contributed by atoms with Gasteiger partial charge in [-0.2, -0.15) is 0 Å². The van der Waals surface area contributed by atoms with Crippen LogP contribution in [0.25, 0.3) is 0 Å². The average Bonchev–Trinajstić information content (AvgIpc) is 2.81. The Kier molecular flexibility index (Phi) is 8.49. The Morgan fingerprint density at radius 1 is 1.25 bits per heavy atom. The number of rotatable bonds is 7. The molecule has 20 heavy (non-hydrogen) atoms. The van der Waals surface area contributed by atoms with Crippen molar-refractivity contribution in [1.29, 1.82) is 0 Å². The van der Waals surface area contributed by atoms with Crippen molar-refractivity contribution in [2.75, 3.05) is 25.5 Å². The molecule has 2 heterocycles. The Bertz CT molecular complexity index is 382. The molecule has 0 radical (unpaired) electrons. The third-order valence-electron chi connectivity index (χ3n) is 3.58. The molecule has 1 aromatic rings. The number of unbranched alkanes of at least 4 members (excludes halogenated alkanes) is 2. The second kappa shape index (κ2) is 9.58. The summed E-state index contributed by atoms with van der Waals surface area (Å²) in [6.45, 7) is 1.95. The van der Waals surface area contributed by atoms with Crippen LogP contribution in [0.3, 0.4) is 0 Å². The lowest BCUT2D eigenvalue weighted by Crippen LogP contribution is -2.27. The van der Waals surface area contributed by atoms with Gasteiger partial charge in [-0.1, -0.05) is 18.2 Å². The van der Waals surface area contributed by atoms with Crippen LogP contribution in [0.5, 0.6) is 0 Å². The number of halogens is 2. The second-order valence-electron chi connectivity index (χ2n) is 5.02. The van der Waals surface area contributed by atoms with E-state index >= 15 is 0 Å². The fourth-order valence-electron chi connectivity index (χ4n) is 2.42. The summed E-state index contributed by atoms with van der Waals surface area (Å²) in [4.78, 5) is 0. The van der Waals surface area contributed by atoms with Crippen molar-refractivity contribution >= 4 is 24.2 Å². The van der Waals surface area contributed by atoms with Crippen LogP contribution in [0.4, 0.5) is 4.39 Å². The molecule has 116 valence electrons. The summed E-state index contributed by atoms with van der Waals surface area (Å²) in [6, 6.07) is 0. The monoisotopic (exact) mass is 322 g/mol. The van der Waals surface area contributed by atoms with Gasteiger partial charge in [0.25, 0.3) is 0 Å². The predicted octanol–water partition coefficient (Wildman–Crippen LogP) is 2.94. The van der Waals surface area contributed by atoms with Crippen molar-refractivity contribution in [3.63, 3.8) is 0 Å². The Morgan fingerprint density at radius 3 is 2.70 bits per heavy atom. The molecule has 0 atom stereocenters. The molecular weight excluding hydrogens is 299 g/mol.